The first-order chi connectivity index (χ1) is 8.20. The summed E-state index contributed by atoms with van der Waals surface area (Å²) in [6, 6.07) is 0.723. The molecular formula is C12H24N4O. The minimum Gasteiger partial charge on any atom is -0.339 e. The molecule has 0 aliphatic carbocycles. The van der Waals surface area contributed by atoms with E-state index in [1.54, 1.807) is 0 Å². The van der Waals surface area contributed by atoms with Crippen LogP contribution in [0.15, 0.2) is 0 Å². The molecule has 0 aromatic carbocycles. The highest BCUT2D eigenvalue weighted by molar-refractivity contribution is 5.78. The smallest absolute Gasteiger partial charge is 0.236 e. The van der Waals surface area contributed by atoms with Gasteiger partial charge in [0.05, 0.1) is 6.54 Å². The zero-order chi connectivity index (χ0) is 12.3. The fourth-order valence-corrected chi connectivity index (χ4v) is 2.83. The van der Waals surface area contributed by atoms with Crippen LogP contribution in [0.4, 0.5) is 0 Å². The number of hydrogen-bond acceptors (Lipinski definition) is 4. The molecule has 2 aliphatic rings. The van der Waals surface area contributed by atoms with Gasteiger partial charge in [0, 0.05) is 32.2 Å². The Bertz CT molecular complexity index is 255. The van der Waals surface area contributed by atoms with Crippen molar-refractivity contribution in [3.63, 3.8) is 0 Å². The Kier molecular flexibility index (Phi) is 4.36. The molecule has 2 aliphatic heterocycles. The number of carbonyl (C=O) groups excluding carboxylic acids is 1. The van der Waals surface area contributed by atoms with Crippen LogP contribution in [0.3, 0.4) is 0 Å². The molecule has 0 atom stereocenters. The van der Waals surface area contributed by atoms with Crippen LogP contribution in [-0.2, 0) is 4.79 Å². The van der Waals surface area contributed by atoms with Crippen LogP contribution in [0.1, 0.15) is 12.8 Å². The van der Waals surface area contributed by atoms with Gasteiger partial charge >= 0.3 is 0 Å². The summed E-state index contributed by atoms with van der Waals surface area (Å²) in [7, 11) is 2.19. The maximum atomic E-state index is 11.5. The molecule has 5 heteroatoms. The molecule has 0 aromatic rings. The number of piperazine rings is 1. The Morgan fingerprint density at radius 2 is 1.71 bits per heavy atom. The number of nitrogens with zero attached hydrogens (tertiary/aromatic N) is 3. The van der Waals surface area contributed by atoms with Crippen molar-refractivity contribution in [2.45, 2.75) is 18.9 Å². The number of nitrogens with two attached hydrogens (primary N) is 1. The van der Waals surface area contributed by atoms with Crippen molar-refractivity contribution in [2.24, 2.45) is 5.73 Å². The number of carbonyl (C=O) groups is 1. The van der Waals surface area contributed by atoms with Crippen molar-refractivity contribution in [3.05, 3.63) is 0 Å². The molecule has 2 rings (SSSR count). The fourth-order valence-electron chi connectivity index (χ4n) is 2.83. The second-order valence-corrected chi connectivity index (χ2v) is 5.16. The molecule has 0 spiro atoms. The second-order valence-electron chi connectivity index (χ2n) is 5.16. The largest absolute Gasteiger partial charge is 0.339 e. The molecular weight excluding hydrogens is 216 g/mol. The van der Waals surface area contributed by atoms with Gasteiger partial charge in [-0.3, -0.25) is 9.69 Å². The van der Waals surface area contributed by atoms with Crippen LogP contribution in [0, 0.1) is 0 Å². The predicted molar refractivity (Wildman–Crippen MR) is 67.7 cm³/mol. The molecule has 5 nitrogen and oxygen atoms in total. The molecule has 17 heavy (non-hydrogen) atoms. The molecule has 98 valence electrons. The molecule has 0 unspecified atom stereocenters. The van der Waals surface area contributed by atoms with E-state index in [0.29, 0.717) is 0 Å². The van der Waals surface area contributed by atoms with Gasteiger partial charge in [-0.25, -0.2) is 0 Å². The molecule has 0 saturated carbocycles. The van der Waals surface area contributed by atoms with Gasteiger partial charge in [0.15, 0.2) is 0 Å². The summed E-state index contributed by atoms with van der Waals surface area (Å²) < 4.78 is 0. The maximum Gasteiger partial charge on any atom is 0.236 e. The van der Waals surface area contributed by atoms with E-state index in [0.717, 1.165) is 32.2 Å². The van der Waals surface area contributed by atoms with E-state index >= 15 is 0 Å². The van der Waals surface area contributed by atoms with Crippen LogP contribution in [-0.4, -0.2) is 79.5 Å². The summed E-state index contributed by atoms with van der Waals surface area (Å²) in [5, 5.41) is 0. The Balaban J connectivity index is 1.77. The van der Waals surface area contributed by atoms with E-state index in [4.69, 9.17) is 5.73 Å². The molecule has 2 fully saturated rings. The maximum absolute atomic E-state index is 11.5. The lowest BCUT2D eigenvalue weighted by Gasteiger charge is -2.42. The SMILES string of the molecule is CN1CCC(N2CCN(C(=O)CN)CC2)CC1. The Morgan fingerprint density at radius 3 is 2.24 bits per heavy atom. The average molecular weight is 240 g/mol. The molecule has 0 bridgehead atoms. The van der Waals surface area contributed by atoms with Crippen LogP contribution in [0.5, 0.6) is 0 Å². The van der Waals surface area contributed by atoms with E-state index in [1.165, 1.54) is 25.9 Å². The third kappa shape index (κ3) is 3.18. The van der Waals surface area contributed by atoms with Crippen molar-refractivity contribution in [1.82, 2.24) is 14.7 Å². The summed E-state index contributed by atoms with van der Waals surface area (Å²) in [6.45, 7) is 6.28. The summed E-state index contributed by atoms with van der Waals surface area (Å²) in [5.74, 6) is 0.0908. The highest BCUT2D eigenvalue weighted by atomic mass is 16.2. The van der Waals surface area contributed by atoms with Gasteiger partial charge in [-0.1, -0.05) is 0 Å². The first kappa shape index (κ1) is 12.8. The van der Waals surface area contributed by atoms with Crippen LogP contribution >= 0.6 is 0 Å². The topological polar surface area (TPSA) is 52.8 Å². The van der Waals surface area contributed by atoms with E-state index in [9.17, 15) is 4.79 Å². The number of rotatable bonds is 2. The highest BCUT2D eigenvalue weighted by Gasteiger charge is 2.27. The van der Waals surface area contributed by atoms with Crippen molar-refractivity contribution in [1.29, 1.82) is 0 Å². The van der Waals surface area contributed by atoms with Gasteiger partial charge in [-0.05, 0) is 33.0 Å². The Labute approximate surface area is 104 Å². The Hall–Kier alpha value is -0.650. The van der Waals surface area contributed by atoms with Gasteiger partial charge < -0.3 is 15.5 Å². The lowest BCUT2D eigenvalue weighted by molar-refractivity contribution is -0.131. The first-order valence-corrected chi connectivity index (χ1v) is 6.61. The van der Waals surface area contributed by atoms with Crippen LogP contribution < -0.4 is 5.73 Å². The summed E-state index contributed by atoms with van der Waals surface area (Å²) in [5.41, 5.74) is 5.39. The quantitative estimate of drug-likeness (QED) is 0.685. The average Bonchev–Trinajstić information content (AvgIpc) is 2.39. The van der Waals surface area contributed by atoms with Crippen molar-refractivity contribution in [3.8, 4) is 0 Å². The normalized spacial score (nSPS) is 25.2. The summed E-state index contributed by atoms with van der Waals surface area (Å²) >= 11 is 0. The second kappa shape index (κ2) is 5.80. The Morgan fingerprint density at radius 1 is 1.12 bits per heavy atom. The monoisotopic (exact) mass is 240 g/mol. The van der Waals surface area contributed by atoms with Gasteiger partial charge in [-0.15, -0.1) is 0 Å². The third-order valence-electron chi connectivity index (χ3n) is 4.05. The molecule has 2 N–H and O–H groups in total. The minimum atomic E-state index is 0.0908. The van der Waals surface area contributed by atoms with E-state index in [1.807, 2.05) is 4.90 Å². The predicted octanol–water partition coefficient (Wildman–Crippen LogP) is -0.816. The number of amides is 1. The van der Waals surface area contributed by atoms with E-state index in [2.05, 4.69) is 16.8 Å². The lowest BCUT2D eigenvalue weighted by Crippen LogP contribution is -2.54. The molecule has 2 heterocycles. The van der Waals surface area contributed by atoms with Crippen LogP contribution in [0.2, 0.25) is 0 Å². The third-order valence-corrected chi connectivity index (χ3v) is 4.05. The molecule has 2 saturated heterocycles. The van der Waals surface area contributed by atoms with Crippen molar-refractivity contribution >= 4 is 5.91 Å². The minimum absolute atomic E-state index is 0.0908. The van der Waals surface area contributed by atoms with Crippen LogP contribution in [0.25, 0.3) is 0 Å². The summed E-state index contributed by atoms with van der Waals surface area (Å²) in [6.07, 6.45) is 2.53. The van der Waals surface area contributed by atoms with Gasteiger partial charge in [0.1, 0.15) is 0 Å². The number of hydrogen-bond donors (Lipinski definition) is 1. The van der Waals surface area contributed by atoms with Crippen molar-refractivity contribution in [2.75, 3.05) is 52.9 Å². The lowest BCUT2D eigenvalue weighted by atomic mass is 10.0. The van der Waals surface area contributed by atoms with E-state index in [-0.39, 0.29) is 12.5 Å². The van der Waals surface area contributed by atoms with E-state index < -0.39 is 0 Å². The number of piperidine rings is 1. The fraction of sp³-hybridized carbons (Fsp3) is 0.917. The zero-order valence-corrected chi connectivity index (χ0v) is 10.8. The van der Waals surface area contributed by atoms with Gasteiger partial charge in [0.25, 0.3) is 0 Å². The molecule has 1 amide bonds. The van der Waals surface area contributed by atoms with Gasteiger partial charge in [0.2, 0.25) is 5.91 Å². The molecule has 0 aromatic heterocycles. The zero-order valence-electron chi connectivity index (χ0n) is 10.8. The summed E-state index contributed by atoms with van der Waals surface area (Å²) in [4.78, 5) is 18.3. The van der Waals surface area contributed by atoms with Crippen molar-refractivity contribution < 1.29 is 4.79 Å². The molecule has 0 radical (unpaired) electrons. The number of likely N-dealkylation sites (tertiary alicyclic amines) is 1. The van der Waals surface area contributed by atoms with Gasteiger partial charge in [-0.2, -0.15) is 0 Å². The first-order valence-electron chi connectivity index (χ1n) is 6.61. The standard InChI is InChI=1S/C12H24N4O/c1-14-4-2-11(3-5-14)15-6-8-16(9-7-15)12(17)10-13/h11H,2-10,13H2,1H3. The highest BCUT2D eigenvalue weighted by Crippen LogP contribution is 2.17.